The Morgan fingerprint density at radius 3 is 2.64 bits per heavy atom. The minimum absolute atomic E-state index is 0.245. The molecule has 0 aliphatic carbocycles. The van der Waals surface area contributed by atoms with E-state index in [-0.39, 0.29) is 5.91 Å². The highest BCUT2D eigenvalue weighted by molar-refractivity contribution is 9.10. The Morgan fingerprint density at radius 1 is 1.14 bits per heavy atom. The summed E-state index contributed by atoms with van der Waals surface area (Å²) >= 11 is 9.23. The van der Waals surface area contributed by atoms with Crippen LogP contribution in [0.5, 0.6) is 0 Å². The number of carbonyl (C=O) groups excluding carboxylic acids is 1. The zero-order valence-corrected chi connectivity index (χ0v) is 13.6. The van der Waals surface area contributed by atoms with Crippen LogP contribution in [-0.2, 0) is 0 Å². The van der Waals surface area contributed by atoms with E-state index in [1.54, 1.807) is 18.2 Å². The molecule has 0 bridgehead atoms. The molecule has 2 aromatic carbocycles. The summed E-state index contributed by atoms with van der Waals surface area (Å²) in [5, 5.41) is 10.4. The normalized spacial score (nSPS) is 10.5. The minimum atomic E-state index is -0.245. The summed E-state index contributed by atoms with van der Waals surface area (Å²) in [7, 11) is 0. The highest BCUT2D eigenvalue weighted by Gasteiger charge is 2.11. The van der Waals surface area contributed by atoms with Gasteiger partial charge in [-0.3, -0.25) is 9.89 Å². The van der Waals surface area contributed by atoms with Crippen molar-refractivity contribution in [3.63, 3.8) is 0 Å². The molecule has 0 aliphatic rings. The number of hydrogen-bond donors (Lipinski definition) is 2. The molecule has 0 unspecified atom stereocenters. The molecule has 1 heterocycles. The summed E-state index contributed by atoms with van der Waals surface area (Å²) in [5.74, 6) is -0.245. The van der Waals surface area contributed by atoms with E-state index in [2.05, 4.69) is 31.4 Å². The molecule has 3 rings (SSSR count). The zero-order valence-electron chi connectivity index (χ0n) is 11.3. The van der Waals surface area contributed by atoms with Gasteiger partial charge in [0.05, 0.1) is 5.69 Å². The van der Waals surface area contributed by atoms with E-state index >= 15 is 0 Å². The van der Waals surface area contributed by atoms with Crippen LogP contribution in [0.1, 0.15) is 10.5 Å². The molecular weight excluding hydrogens is 366 g/mol. The van der Waals surface area contributed by atoms with Crippen molar-refractivity contribution in [1.29, 1.82) is 0 Å². The SMILES string of the molecule is O=C(Nc1cccc(Br)c1)c1cc(-c2ccc(Cl)cc2)n[nH]1. The Kier molecular flexibility index (Phi) is 4.27. The van der Waals surface area contributed by atoms with Crippen LogP contribution in [0.15, 0.2) is 59.1 Å². The van der Waals surface area contributed by atoms with Crippen molar-refractivity contribution < 1.29 is 4.79 Å². The molecule has 110 valence electrons. The molecule has 0 atom stereocenters. The van der Waals surface area contributed by atoms with Crippen LogP contribution < -0.4 is 5.32 Å². The Hall–Kier alpha value is -2.11. The van der Waals surface area contributed by atoms with Gasteiger partial charge >= 0.3 is 0 Å². The van der Waals surface area contributed by atoms with Crippen LogP contribution >= 0.6 is 27.5 Å². The fourth-order valence-corrected chi connectivity index (χ4v) is 2.50. The van der Waals surface area contributed by atoms with E-state index in [4.69, 9.17) is 11.6 Å². The summed E-state index contributed by atoms with van der Waals surface area (Å²) in [6.45, 7) is 0. The first-order chi connectivity index (χ1) is 10.6. The Balaban J connectivity index is 1.78. The summed E-state index contributed by atoms with van der Waals surface area (Å²) in [6, 6.07) is 16.4. The second-order valence-electron chi connectivity index (χ2n) is 4.64. The van der Waals surface area contributed by atoms with Crippen LogP contribution in [0.25, 0.3) is 11.3 Å². The number of hydrogen-bond acceptors (Lipinski definition) is 2. The third-order valence-corrected chi connectivity index (χ3v) is 3.79. The molecule has 0 spiro atoms. The number of amides is 1. The van der Waals surface area contributed by atoms with Crippen LogP contribution in [0.4, 0.5) is 5.69 Å². The number of anilines is 1. The van der Waals surface area contributed by atoms with Crippen molar-refractivity contribution in [3.8, 4) is 11.3 Å². The van der Waals surface area contributed by atoms with Crippen molar-refractivity contribution in [2.24, 2.45) is 0 Å². The molecule has 3 aromatic rings. The first-order valence-corrected chi connectivity index (χ1v) is 7.67. The number of H-pyrrole nitrogens is 1. The molecule has 1 amide bonds. The number of aromatic nitrogens is 2. The van der Waals surface area contributed by atoms with Crippen molar-refractivity contribution in [1.82, 2.24) is 10.2 Å². The number of nitrogens with one attached hydrogen (secondary N) is 2. The molecule has 0 aliphatic heterocycles. The van der Waals surface area contributed by atoms with Crippen LogP contribution in [0.3, 0.4) is 0 Å². The number of carbonyl (C=O) groups is 1. The van der Waals surface area contributed by atoms with Gasteiger partial charge in [0.2, 0.25) is 0 Å². The largest absolute Gasteiger partial charge is 0.321 e. The van der Waals surface area contributed by atoms with Gasteiger partial charge in [0.25, 0.3) is 5.91 Å². The quantitative estimate of drug-likeness (QED) is 0.693. The van der Waals surface area contributed by atoms with Crippen molar-refractivity contribution >= 4 is 39.1 Å². The molecule has 0 saturated carbocycles. The number of aromatic amines is 1. The maximum atomic E-state index is 12.2. The topological polar surface area (TPSA) is 57.8 Å². The van der Waals surface area contributed by atoms with Gasteiger partial charge in [0.1, 0.15) is 5.69 Å². The monoisotopic (exact) mass is 375 g/mol. The zero-order chi connectivity index (χ0) is 15.5. The first-order valence-electron chi connectivity index (χ1n) is 6.50. The Morgan fingerprint density at radius 2 is 1.91 bits per heavy atom. The number of benzene rings is 2. The van der Waals surface area contributed by atoms with Gasteiger partial charge in [-0.05, 0) is 36.4 Å². The average molecular weight is 377 g/mol. The maximum absolute atomic E-state index is 12.2. The minimum Gasteiger partial charge on any atom is -0.321 e. The molecule has 0 radical (unpaired) electrons. The molecule has 2 N–H and O–H groups in total. The van der Waals surface area contributed by atoms with Crippen LogP contribution in [0.2, 0.25) is 5.02 Å². The molecule has 0 fully saturated rings. The first kappa shape index (κ1) is 14.8. The second kappa shape index (κ2) is 6.34. The lowest BCUT2D eigenvalue weighted by atomic mass is 10.1. The fraction of sp³-hybridized carbons (Fsp3) is 0. The van der Waals surface area contributed by atoms with Crippen molar-refractivity contribution in [3.05, 3.63) is 69.8 Å². The number of halogens is 2. The smallest absolute Gasteiger partial charge is 0.273 e. The van der Waals surface area contributed by atoms with Gasteiger partial charge in [0, 0.05) is 20.7 Å². The van der Waals surface area contributed by atoms with Gasteiger partial charge in [-0.25, -0.2) is 0 Å². The lowest BCUT2D eigenvalue weighted by Gasteiger charge is -2.03. The average Bonchev–Trinajstić information content (AvgIpc) is 2.98. The standard InChI is InChI=1S/C16H11BrClN3O/c17-11-2-1-3-13(8-11)19-16(22)15-9-14(20-21-15)10-4-6-12(18)7-5-10/h1-9H,(H,19,22)(H,20,21). The molecule has 6 heteroatoms. The van der Waals surface area contributed by atoms with Crippen molar-refractivity contribution in [2.45, 2.75) is 0 Å². The lowest BCUT2D eigenvalue weighted by molar-refractivity contribution is 0.102. The molecule has 22 heavy (non-hydrogen) atoms. The third-order valence-electron chi connectivity index (χ3n) is 3.04. The third kappa shape index (κ3) is 3.37. The lowest BCUT2D eigenvalue weighted by Crippen LogP contribution is -2.12. The van der Waals surface area contributed by atoms with E-state index in [9.17, 15) is 4.79 Å². The molecule has 1 aromatic heterocycles. The predicted molar refractivity (Wildman–Crippen MR) is 91.1 cm³/mol. The number of rotatable bonds is 3. The van der Waals surface area contributed by atoms with E-state index in [0.717, 1.165) is 10.0 Å². The van der Waals surface area contributed by atoms with Gasteiger partial charge in [-0.2, -0.15) is 5.10 Å². The predicted octanol–water partition coefficient (Wildman–Crippen LogP) is 4.74. The Labute approximate surface area is 140 Å². The molecule has 0 saturated heterocycles. The number of nitrogens with zero attached hydrogens (tertiary/aromatic N) is 1. The highest BCUT2D eigenvalue weighted by Crippen LogP contribution is 2.21. The van der Waals surface area contributed by atoms with Crippen molar-refractivity contribution in [2.75, 3.05) is 5.32 Å². The summed E-state index contributed by atoms with van der Waals surface area (Å²) < 4.78 is 0.900. The Bertz CT molecular complexity index is 814. The van der Waals surface area contributed by atoms with E-state index in [0.29, 0.717) is 22.1 Å². The molecule has 4 nitrogen and oxygen atoms in total. The fourth-order valence-electron chi connectivity index (χ4n) is 1.97. The van der Waals surface area contributed by atoms with E-state index < -0.39 is 0 Å². The van der Waals surface area contributed by atoms with Crippen LogP contribution in [-0.4, -0.2) is 16.1 Å². The van der Waals surface area contributed by atoms with Gasteiger partial charge in [-0.15, -0.1) is 0 Å². The summed E-state index contributed by atoms with van der Waals surface area (Å²) in [4.78, 5) is 12.2. The molecular formula is C16H11BrClN3O. The van der Waals surface area contributed by atoms with Crippen LogP contribution in [0, 0.1) is 0 Å². The van der Waals surface area contributed by atoms with Gasteiger partial charge in [0.15, 0.2) is 0 Å². The van der Waals surface area contributed by atoms with E-state index in [1.807, 2.05) is 36.4 Å². The summed E-state index contributed by atoms with van der Waals surface area (Å²) in [6.07, 6.45) is 0. The van der Waals surface area contributed by atoms with Gasteiger partial charge in [-0.1, -0.05) is 45.7 Å². The maximum Gasteiger partial charge on any atom is 0.273 e. The van der Waals surface area contributed by atoms with Gasteiger partial charge < -0.3 is 5.32 Å². The highest BCUT2D eigenvalue weighted by atomic mass is 79.9. The van der Waals surface area contributed by atoms with E-state index in [1.165, 1.54) is 0 Å². The summed E-state index contributed by atoms with van der Waals surface area (Å²) in [5.41, 5.74) is 2.69. The second-order valence-corrected chi connectivity index (χ2v) is 5.99.